The quantitative estimate of drug-likeness (QED) is 0.578. The van der Waals surface area contributed by atoms with Gasteiger partial charge in [-0.3, -0.25) is 4.98 Å². The van der Waals surface area contributed by atoms with E-state index in [9.17, 15) is 18.3 Å². The highest BCUT2D eigenvalue weighted by Gasteiger charge is 2.33. The van der Waals surface area contributed by atoms with Gasteiger partial charge in [-0.15, -0.1) is 0 Å². The molecule has 1 atom stereocenters. The van der Waals surface area contributed by atoms with E-state index in [1.54, 1.807) is 31.5 Å². The molecular weight excluding hydrogens is 404 g/mol. The SMILES string of the molecule is Bc1ccc2c(c1)c(CC(C)(C)CO)c(-c1cccnc1[C@H](C)OC)n2CC(F)(F)F. The number of halogens is 3. The van der Waals surface area contributed by atoms with Gasteiger partial charge in [0.1, 0.15) is 14.4 Å². The van der Waals surface area contributed by atoms with Gasteiger partial charge in [-0.1, -0.05) is 31.4 Å². The average Bonchev–Trinajstić information content (AvgIpc) is 2.97. The number of alkyl halides is 3. The van der Waals surface area contributed by atoms with E-state index in [0.29, 0.717) is 28.9 Å². The third-order valence-corrected chi connectivity index (χ3v) is 5.58. The van der Waals surface area contributed by atoms with Gasteiger partial charge in [-0.25, -0.2) is 0 Å². The Bertz CT molecular complexity index is 1080. The summed E-state index contributed by atoms with van der Waals surface area (Å²) in [6, 6.07) is 9.00. The second-order valence-corrected chi connectivity index (χ2v) is 8.86. The lowest BCUT2D eigenvalue weighted by Crippen LogP contribution is -2.21. The van der Waals surface area contributed by atoms with Crippen LogP contribution in [-0.2, 0) is 17.7 Å². The molecule has 2 aromatic heterocycles. The van der Waals surface area contributed by atoms with Gasteiger partial charge in [0.25, 0.3) is 0 Å². The monoisotopic (exact) mass is 432 g/mol. The highest BCUT2D eigenvalue weighted by atomic mass is 19.4. The molecule has 0 aliphatic heterocycles. The number of aromatic nitrogens is 2. The molecule has 0 aliphatic carbocycles. The Balaban J connectivity index is 2.44. The van der Waals surface area contributed by atoms with Crippen LogP contribution < -0.4 is 5.46 Å². The number of methoxy groups -OCH3 is 1. The maximum absolute atomic E-state index is 13.7. The van der Waals surface area contributed by atoms with E-state index in [1.807, 2.05) is 40.8 Å². The van der Waals surface area contributed by atoms with Crippen LogP contribution in [0, 0.1) is 5.41 Å². The minimum Gasteiger partial charge on any atom is -0.396 e. The van der Waals surface area contributed by atoms with Crippen LogP contribution >= 0.6 is 0 Å². The number of hydrogen-bond donors (Lipinski definition) is 1. The van der Waals surface area contributed by atoms with E-state index in [4.69, 9.17) is 4.74 Å². The second-order valence-electron chi connectivity index (χ2n) is 8.86. The molecule has 0 amide bonds. The molecular formula is C23H28BF3N2O2. The van der Waals surface area contributed by atoms with Crippen LogP contribution in [0.15, 0.2) is 36.5 Å². The first-order chi connectivity index (χ1) is 14.5. The number of aliphatic hydroxyl groups is 1. The summed E-state index contributed by atoms with van der Waals surface area (Å²) in [6.45, 7) is 4.43. The van der Waals surface area contributed by atoms with Gasteiger partial charge in [0.05, 0.1) is 17.5 Å². The first-order valence-corrected chi connectivity index (χ1v) is 10.2. The summed E-state index contributed by atoms with van der Waals surface area (Å²) >= 11 is 0. The summed E-state index contributed by atoms with van der Waals surface area (Å²) in [6.07, 6.45) is -2.76. The molecule has 3 rings (SSSR count). The molecule has 0 aliphatic rings. The van der Waals surface area contributed by atoms with Gasteiger partial charge in [0.2, 0.25) is 0 Å². The third-order valence-electron chi connectivity index (χ3n) is 5.58. The molecule has 0 radical (unpaired) electrons. The van der Waals surface area contributed by atoms with Crippen molar-refractivity contribution in [3.05, 3.63) is 47.8 Å². The number of ether oxygens (including phenoxy) is 1. The zero-order valence-corrected chi connectivity index (χ0v) is 18.5. The van der Waals surface area contributed by atoms with Crippen molar-refractivity contribution in [2.45, 2.75) is 46.0 Å². The lowest BCUT2D eigenvalue weighted by molar-refractivity contribution is -0.139. The third kappa shape index (κ3) is 4.96. The minimum atomic E-state index is -4.40. The number of rotatable bonds is 7. The molecule has 2 heterocycles. The molecule has 166 valence electrons. The van der Waals surface area contributed by atoms with E-state index in [1.165, 1.54) is 4.57 Å². The fourth-order valence-corrected chi connectivity index (χ4v) is 3.96. The van der Waals surface area contributed by atoms with Crippen molar-refractivity contribution >= 4 is 24.2 Å². The predicted octanol–water partition coefficient (Wildman–Crippen LogP) is 3.79. The Hall–Kier alpha value is -2.32. The lowest BCUT2D eigenvalue weighted by Gasteiger charge is -2.24. The summed E-state index contributed by atoms with van der Waals surface area (Å²) in [5.74, 6) is 0. The van der Waals surface area contributed by atoms with Crippen molar-refractivity contribution in [2.75, 3.05) is 13.7 Å². The van der Waals surface area contributed by atoms with Gasteiger partial charge < -0.3 is 14.4 Å². The first-order valence-electron chi connectivity index (χ1n) is 10.2. The molecule has 1 aromatic carbocycles. The van der Waals surface area contributed by atoms with Gasteiger partial charge in [-0.05, 0) is 42.5 Å². The van der Waals surface area contributed by atoms with E-state index in [-0.39, 0.29) is 6.61 Å². The van der Waals surface area contributed by atoms with E-state index in [0.717, 1.165) is 16.4 Å². The number of benzene rings is 1. The average molecular weight is 432 g/mol. The summed E-state index contributed by atoms with van der Waals surface area (Å²) in [4.78, 5) is 4.44. The molecule has 31 heavy (non-hydrogen) atoms. The largest absolute Gasteiger partial charge is 0.406 e. The van der Waals surface area contributed by atoms with Crippen molar-refractivity contribution in [1.29, 1.82) is 0 Å². The molecule has 0 saturated heterocycles. The number of nitrogens with zero attached hydrogens (tertiary/aromatic N) is 2. The molecule has 4 nitrogen and oxygen atoms in total. The van der Waals surface area contributed by atoms with Crippen LogP contribution in [-0.4, -0.2) is 42.4 Å². The molecule has 1 N–H and O–H groups in total. The van der Waals surface area contributed by atoms with Crippen molar-refractivity contribution in [1.82, 2.24) is 9.55 Å². The Morgan fingerprint density at radius 3 is 2.55 bits per heavy atom. The van der Waals surface area contributed by atoms with Gasteiger partial charge in [0, 0.05) is 36.4 Å². The van der Waals surface area contributed by atoms with Crippen LogP contribution in [0.3, 0.4) is 0 Å². The smallest absolute Gasteiger partial charge is 0.396 e. The highest BCUT2D eigenvalue weighted by Crippen LogP contribution is 2.41. The second kappa shape index (κ2) is 8.67. The van der Waals surface area contributed by atoms with Crippen LogP contribution in [0.2, 0.25) is 0 Å². The zero-order valence-electron chi connectivity index (χ0n) is 18.5. The molecule has 0 unspecified atom stereocenters. The number of hydrogen-bond acceptors (Lipinski definition) is 3. The summed E-state index contributed by atoms with van der Waals surface area (Å²) in [7, 11) is 3.47. The van der Waals surface area contributed by atoms with Gasteiger partial charge >= 0.3 is 6.18 Å². The highest BCUT2D eigenvalue weighted by molar-refractivity contribution is 6.33. The number of pyridine rings is 1. The molecule has 0 bridgehead atoms. The molecule has 8 heteroatoms. The Morgan fingerprint density at radius 2 is 1.94 bits per heavy atom. The topological polar surface area (TPSA) is 47.3 Å². The normalized spacial score (nSPS) is 13.7. The summed E-state index contributed by atoms with van der Waals surface area (Å²) < 4.78 is 47.8. The summed E-state index contributed by atoms with van der Waals surface area (Å²) in [5.41, 5.74) is 3.41. The first kappa shape index (κ1) is 23.4. The van der Waals surface area contributed by atoms with Crippen LogP contribution in [0.1, 0.15) is 38.1 Å². The van der Waals surface area contributed by atoms with Crippen molar-refractivity contribution < 1.29 is 23.0 Å². The van der Waals surface area contributed by atoms with Crippen molar-refractivity contribution in [3.8, 4) is 11.3 Å². The van der Waals surface area contributed by atoms with Gasteiger partial charge in [0.15, 0.2) is 0 Å². The minimum absolute atomic E-state index is 0.0848. The van der Waals surface area contributed by atoms with Crippen LogP contribution in [0.5, 0.6) is 0 Å². The van der Waals surface area contributed by atoms with Crippen molar-refractivity contribution in [2.24, 2.45) is 5.41 Å². The Kier molecular flexibility index (Phi) is 6.53. The molecule has 0 fully saturated rings. The number of aliphatic hydroxyl groups excluding tert-OH is 1. The van der Waals surface area contributed by atoms with Crippen LogP contribution in [0.4, 0.5) is 13.2 Å². The molecule has 3 aromatic rings. The predicted molar refractivity (Wildman–Crippen MR) is 119 cm³/mol. The van der Waals surface area contributed by atoms with Crippen LogP contribution in [0.25, 0.3) is 22.2 Å². The fourth-order valence-electron chi connectivity index (χ4n) is 3.96. The Morgan fingerprint density at radius 1 is 1.23 bits per heavy atom. The molecule has 0 saturated carbocycles. The van der Waals surface area contributed by atoms with E-state index < -0.39 is 24.2 Å². The fraction of sp³-hybridized carbons (Fsp3) is 0.435. The standard InChI is InChI=1S/C23H28BF3N2O2/c1-14(31-4)20-16(6-5-9-28-20)21-18(11-22(2,3)13-30)17-10-15(24)7-8-19(17)29(21)12-23(25,26)27/h5-10,14,30H,11-13,24H2,1-4H3/t14-/m0/s1. The maximum Gasteiger partial charge on any atom is 0.406 e. The summed E-state index contributed by atoms with van der Waals surface area (Å²) in [5, 5.41) is 10.7. The lowest BCUT2D eigenvalue weighted by atomic mass is 9.83. The van der Waals surface area contributed by atoms with Crippen molar-refractivity contribution in [3.63, 3.8) is 0 Å². The van der Waals surface area contributed by atoms with Gasteiger partial charge in [-0.2, -0.15) is 13.2 Å². The zero-order chi connectivity index (χ0) is 23.0. The Labute approximate surface area is 181 Å². The molecule has 0 spiro atoms. The number of fused-ring (bicyclic) bond motifs is 1. The van der Waals surface area contributed by atoms with E-state index in [2.05, 4.69) is 4.98 Å². The maximum atomic E-state index is 13.7. The van der Waals surface area contributed by atoms with E-state index >= 15 is 0 Å².